The molecule has 4 heteroatoms. The number of hydrogen-bond acceptors (Lipinski definition) is 4. The molecule has 1 N–H and O–H groups in total. The van der Waals surface area contributed by atoms with Crippen molar-refractivity contribution in [3.05, 3.63) is 5.82 Å². The number of aromatic nitrogens is 2. The zero-order chi connectivity index (χ0) is 11.2. The smallest absolute Gasteiger partial charge is 0.202 e. The molecule has 0 saturated heterocycles. The molecule has 0 unspecified atom stereocenters. The molecule has 1 heterocycles. The first kappa shape index (κ1) is 10.5. The van der Waals surface area contributed by atoms with Gasteiger partial charge in [0.1, 0.15) is 5.82 Å². The van der Waals surface area contributed by atoms with Gasteiger partial charge in [0.25, 0.3) is 0 Å². The summed E-state index contributed by atoms with van der Waals surface area (Å²) in [7, 11) is 0. The van der Waals surface area contributed by atoms with Crippen molar-refractivity contribution in [2.45, 2.75) is 45.4 Å². The van der Waals surface area contributed by atoms with E-state index in [4.69, 9.17) is 0 Å². The number of rotatable bonds is 5. The van der Waals surface area contributed by atoms with Crippen molar-refractivity contribution in [1.29, 1.82) is 0 Å². The number of nitrogens with zero attached hydrogens (tertiary/aromatic N) is 2. The largest absolute Gasteiger partial charge is 0.360 e. The molecule has 3 rings (SSSR count). The van der Waals surface area contributed by atoms with Crippen LogP contribution in [0.25, 0.3) is 0 Å². The molecule has 2 fully saturated rings. The SMILES string of the molecule is CC(C)c1nsc(NCC2(C3CC3)CC2)n1. The predicted octanol–water partition coefficient (Wildman–Crippen LogP) is 3.26. The van der Waals surface area contributed by atoms with Gasteiger partial charge in [-0.2, -0.15) is 4.37 Å². The van der Waals surface area contributed by atoms with E-state index in [9.17, 15) is 0 Å². The molecular formula is C12H19N3S. The zero-order valence-electron chi connectivity index (χ0n) is 9.99. The number of anilines is 1. The van der Waals surface area contributed by atoms with Crippen LogP contribution in [0, 0.1) is 11.3 Å². The molecule has 88 valence electrons. The van der Waals surface area contributed by atoms with E-state index in [0.717, 1.165) is 23.4 Å². The van der Waals surface area contributed by atoms with Crippen molar-refractivity contribution in [3.8, 4) is 0 Å². The van der Waals surface area contributed by atoms with Gasteiger partial charge in [-0.15, -0.1) is 0 Å². The monoisotopic (exact) mass is 237 g/mol. The topological polar surface area (TPSA) is 37.8 Å². The number of hydrogen-bond donors (Lipinski definition) is 1. The molecule has 2 aliphatic carbocycles. The van der Waals surface area contributed by atoms with Crippen molar-refractivity contribution < 1.29 is 0 Å². The van der Waals surface area contributed by atoms with Crippen LogP contribution < -0.4 is 5.32 Å². The van der Waals surface area contributed by atoms with E-state index in [1.54, 1.807) is 0 Å². The molecule has 2 aliphatic rings. The van der Waals surface area contributed by atoms with E-state index in [0.29, 0.717) is 11.3 Å². The Labute approximate surface area is 101 Å². The van der Waals surface area contributed by atoms with Crippen molar-refractivity contribution in [2.75, 3.05) is 11.9 Å². The van der Waals surface area contributed by atoms with E-state index in [2.05, 4.69) is 28.5 Å². The standard InChI is InChI=1S/C12H19N3S/c1-8(2)10-14-11(16-15-10)13-7-12(5-6-12)9-3-4-9/h8-9H,3-7H2,1-2H3,(H,13,14,15). The summed E-state index contributed by atoms with van der Waals surface area (Å²) >= 11 is 1.51. The molecule has 0 aromatic carbocycles. The van der Waals surface area contributed by atoms with Crippen molar-refractivity contribution in [3.63, 3.8) is 0 Å². The molecule has 3 nitrogen and oxygen atoms in total. The lowest BCUT2D eigenvalue weighted by atomic mass is 10.0. The second-order valence-corrected chi connectivity index (χ2v) is 6.35. The highest BCUT2D eigenvalue weighted by Gasteiger charge is 2.53. The van der Waals surface area contributed by atoms with Gasteiger partial charge in [-0.1, -0.05) is 13.8 Å². The van der Waals surface area contributed by atoms with Crippen molar-refractivity contribution in [1.82, 2.24) is 9.36 Å². The summed E-state index contributed by atoms with van der Waals surface area (Å²) in [4.78, 5) is 4.52. The summed E-state index contributed by atoms with van der Waals surface area (Å²) in [6.07, 6.45) is 5.74. The Balaban J connectivity index is 1.57. The normalized spacial score (nSPS) is 22.4. The van der Waals surface area contributed by atoms with E-state index < -0.39 is 0 Å². The van der Waals surface area contributed by atoms with Gasteiger partial charge in [-0.3, -0.25) is 0 Å². The highest BCUT2D eigenvalue weighted by atomic mass is 32.1. The Morgan fingerprint density at radius 3 is 2.69 bits per heavy atom. The maximum atomic E-state index is 4.52. The third-order valence-corrected chi connectivity index (χ3v) is 4.57. The second kappa shape index (κ2) is 3.69. The molecule has 0 spiro atoms. The van der Waals surface area contributed by atoms with Crippen LogP contribution in [0.2, 0.25) is 0 Å². The van der Waals surface area contributed by atoms with Gasteiger partial charge in [0.2, 0.25) is 5.13 Å². The first-order valence-electron chi connectivity index (χ1n) is 6.27. The minimum Gasteiger partial charge on any atom is -0.360 e. The Morgan fingerprint density at radius 1 is 1.44 bits per heavy atom. The Morgan fingerprint density at radius 2 is 2.19 bits per heavy atom. The first-order chi connectivity index (χ1) is 7.70. The fraction of sp³-hybridized carbons (Fsp3) is 0.833. The van der Waals surface area contributed by atoms with Gasteiger partial charge in [0, 0.05) is 24.0 Å². The summed E-state index contributed by atoms with van der Waals surface area (Å²) < 4.78 is 4.37. The third-order valence-electron chi connectivity index (χ3n) is 3.89. The van der Waals surface area contributed by atoms with E-state index in [-0.39, 0.29) is 0 Å². The Hall–Kier alpha value is -0.640. The summed E-state index contributed by atoms with van der Waals surface area (Å²) in [5, 5.41) is 4.50. The highest BCUT2D eigenvalue weighted by Crippen LogP contribution is 2.61. The van der Waals surface area contributed by atoms with Gasteiger partial charge in [0.15, 0.2) is 0 Å². The Kier molecular flexibility index (Phi) is 2.42. The molecule has 1 aromatic heterocycles. The molecule has 0 radical (unpaired) electrons. The summed E-state index contributed by atoms with van der Waals surface area (Å²) in [5.74, 6) is 2.42. The second-order valence-electron chi connectivity index (χ2n) is 5.60. The summed E-state index contributed by atoms with van der Waals surface area (Å²) in [5.41, 5.74) is 0.643. The molecule has 1 aromatic rings. The van der Waals surface area contributed by atoms with E-state index >= 15 is 0 Å². The van der Waals surface area contributed by atoms with Crippen LogP contribution in [0.1, 0.15) is 51.3 Å². The molecule has 0 bridgehead atoms. The van der Waals surface area contributed by atoms with Gasteiger partial charge < -0.3 is 5.32 Å². The quantitative estimate of drug-likeness (QED) is 0.854. The lowest BCUT2D eigenvalue weighted by molar-refractivity contribution is 0.466. The number of nitrogens with one attached hydrogen (secondary N) is 1. The average Bonchev–Trinajstić information content (AvgIpc) is 3.13. The van der Waals surface area contributed by atoms with Crippen LogP contribution in [0.15, 0.2) is 0 Å². The fourth-order valence-corrected chi connectivity index (χ4v) is 3.08. The molecule has 0 amide bonds. The van der Waals surface area contributed by atoms with Crippen LogP contribution in [0.3, 0.4) is 0 Å². The van der Waals surface area contributed by atoms with Crippen molar-refractivity contribution in [2.24, 2.45) is 11.3 Å². The Bertz CT molecular complexity index is 377. The maximum absolute atomic E-state index is 4.52. The third kappa shape index (κ3) is 1.95. The fourth-order valence-electron chi connectivity index (χ4n) is 2.38. The van der Waals surface area contributed by atoms with E-state index in [1.165, 1.54) is 37.2 Å². The predicted molar refractivity (Wildman–Crippen MR) is 66.9 cm³/mol. The molecular weight excluding hydrogens is 218 g/mol. The lowest BCUT2D eigenvalue weighted by Gasteiger charge is -2.13. The highest BCUT2D eigenvalue weighted by molar-refractivity contribution is 7.09. The summed E-state index contributed by atoms with van der Waals surface area (Å²) in [6.45, 7) is 5.39. The molecule has 0 atom stereocenters. The minimum absolute atomic E-state index is 0.435. The van der Waals surface area contributed by atoms with Gasteiger partial charge in [0.05, 0.1) is 0 Å². The molecule has 2 saturated carbocycles. The maximum Gasteiger partial charge on any atom is 0.202 e. The van der Waals surface area contributed by atoms with Gasteiger partial charge in [-0.05, 0) is 37.0 Å². The molecule has 16 heavy (non-hydrogen) atoms. The molecule has 0 aliphatic heterocycles. The van der Waals surface area contributed by atoms with Crippen LogP contribution in [0.4, 0.5) is 5.13 Å². The lowest BCUT2D eigenvalue weighted by Crippen LogP contribution is -2.17. The van der Waals surface area contributed by atoms with Gasteiger partial charge >= 0.3 is 0 Å². The van der Waals surface area contributed by atoms with Gasteiger partial charge in [-0.25, -0.2) is 4.98 Å². The first-order valence-corrected chi connectivity index (χ1v) is 7.04. The van der Waals surface area contributed by atoms with Crippen LogP contribution in [-0.4, -0.2) is 15.9 Å². The summed E-state index contributed by atoms with van der Waals surface area (Å²) in [6, 6.07) is 0. The van der Waals surface area contributed by atoms with Crippen molar-refractivity contribution >= 4 is 16.7 Å². The van der Waals surface area contributed by atoms with Crippen LogP contribution in [-0.2, 0) is 0 Å². The zero-order valence-corrected chi connectivity index (χ0v) is 10.8. The van der Waals surface area contributed by atoms with Crippen LogP contribution >= 0.6 is 11.5 Å². The average molecular weight is 237 g/mol. The minimum atomic E-state index is 0.435. The van der Waals surface area contributed by atoms with E-state index in [1.807, 2.05) is 0 Å². The van der Waals surface area contributed by atoms with Crippen LogP contribution in [0.5, 0.6) is 0 Å².